The molecule has 1 aliphatic rings. The molecule has 0 fully saturated rings. The first-order chi connectivity index (χ1) is 9.63. The molecule has 0 saturated carbocycles. The molecule has 1 aliphatic heterocycles. The lowest BCUT2D eigenvalue weighted by molar-refractivity contribution is 0.107. The van der Waals surface area contributed by atoms with Crippen LogP contribution in [0.25, 0.3) is 0 Å². The van der Waals surface area contributed by atoms with Crippen molar-refractivity contribution in [3.05, 3.63) is 64.7 Å². The Hall–Kier alpha value is -2.00. The Balaban J connectivity index is 2.22. The maximum Gasteiger partial charge on any atom is 0.290 e. The van der Waals surface area contributed by atoms with Crippen molar-refractivity contribution in [2.24, 2.45) is 4.99 Å². The smallest absolute Gasteiger partial charge is 0.290 e. The zero-order valence-corrected chi connectivity index (χ0v) is 12.1. The van der Waals surface area contributed by atoms with Gasteiger partial charge in [-0.05, 0) is 30.7 Å². The summed E-state index contributed by atoms with van der Waals surface area (Å²) in [5, 5.41) is 3.66. The van der Waals surface area contributed by atoms with Crippen molar-refractivity contribution in [1.82, 2.24) is 5.32 Å². The fraction of sp³-hybridized carbons (Fsp3) is 0.188. The summed E-state index contributed by atoms with van der Waals surface area (Å²) in [4.78, 5) is 4.45. The van der Waals surface area contributed by atoms with Crippen LogP contribution in [-0.2, 0) is 10.3 Å². The Kier molecular flexibility index (Phi) is 3.14. The summed E-state index contributed by atoms with van der Waals surface area (Å²) in [7, 11) is 1.80. The van der Waals surface area contributed by atoms with Gasteiger partial charge in [0.1, 0.15) is 0 Å². The largest absolute Gasteiger partial charge is 0.449 e. The first-order valence-electron chi connectivity index (χ1n) is 6.44. The number of ether oxygens (including phenoxy) is 1. The van der Waals surface area contributed by atoms with Crippen molar-refractivity contribution < 1.29 is 4.74 Å². The van der Waals surface area contributed by atoms with Gasteiger partial charge in [-0.15, -0.1) is 0 Å². The van der Waals surface area contributed by atoms with Crippen LogP contribution in [0.2, 0.25) is 5.02 Å². The lowest BCUT2D eigenvalue weighted by atomic mass is 9.86. The van der Waals surface area contributed by atoms with E-state index in [1.807, 2.05) is 55.5 Å². The van der Waals surface area contributed by atoms with Gasteiger partial charge in [0.2, 0.25) is 0 Å². The van der Waals surface area contributed by atoms with Gasteiger partial charge in [-0.3, -0.25) is 0 Å². The molecule has 4 heteroatoms. The molecule has 0 aromatic heterocycles. The van der Waals surface area contributed by atoms with Crippen molar-refractivity contribution in [2.45, 2.75) is 12.5 Å². The number of nitrogens with one attached hydrogen (secondary N) is 1. The van der Waals surface area contributed by atoms with Crippen molar-refractivity contribution in [3.63, 3.8) is 0 Å². The van der Waals surface area contributed by atoms with Crippen LogP contribution in [0.5, 0.6) is 0 Å². The lowest BCUT2D eigenvalue weighted by Gasteiger charge is -2.35. The van der Waals surface area contributed by atoms with Crippen molar-refractivity contribution in [3.8, 4) is 0 Å². The molecular weight excluding hydrogens is 272 g/mol. The lowest BCUT2D eigenvalue weighted by Crippen LogP contribution is -2.38. The highest BCUT2D eigenvalue weighted by Crippen LogP contribution is 2.42. The molecule has 20 heavy (non-hydrogen) atoms. The molecule has 0 saturated heterocycles. The van der Waals surface area contributed by atoms with Crippen LogP contribution < -0.4 is 5.32 Å². The van der Waals surface area contributed by atoms with Crippen molar-refractivity contribution >= 4 is 23.3 Å². The zero-order chi connectivity index (χ0) is 14.2. The molecule has 0 bridgehead atoms. The third-order valence-corrected chi connectivity index (χ3v) is 3.77. The quantitative estimate of drug-likeness (QED) is 0.864. The van der Waals surface area contributed by atoms with E-state index in [0.717, 1.165) is 16.8 Å². The molecule has 0 spiro atoms. The molecule has 1 N–H and O–H groups in total. The van der Waals surface area contributed by atoms with Gasteiger partial charge in [0.05, 0.1) is 5.69 Å². The second-order valence-electron chi connectivity index (χ2n) is 4.83. The Morgan fingerprint density at radius 1 is 1.15 bits per heavy atom. The maximum atomic E-state index is 6.14. The van der Waals surface area contributed by atoms with Crippen LogP contribution in [-0.4, -0.2) is 13.1 Å². The predicted molar refractivity (Wildman–Crippen MR) is 81.6 cm³/mol. The van der Waals surface area contributed by atoms with Gasteiger partial charge >= 0.3 is 0 Å². The summed E-state index contributed by atoms with van der Waals surface area (Å²) in [6, 6.07) is 16.3. The van der Waals surface area contributed by atoms with Crippen LogP contribution in [0.1, 0.15) is 18.1 Å². The second kappa shape index (κ2) is 4.84. The fourth-order valence-electron chi connectivity index (χ4n) is 2.45. The third-order valence-electron chi connectivity index (χ3n) is 3.53. The van der Waals surface area contributed by atoms with Gasteiger partial charge in [-0.2, -0.15) is 4.99 Å². The molecule has 3 nitrogen and oxygen atoms in total. The summed E-state index contributed by atoms with van der Waals surface area (Å²) in [5.41, 5.74) is 2.29. The topological polar surface area (TPSA) is 33.6 Å². The van der Waals surface area contributed by atoms with Crippen LogP contribution in [0.4, 0.5) is 5.69 Å². The first-order valence-corrected chi connectivity index (χ1v) is 6.82. The number of hydrogen-bond donors (Lipinski definition) is 1. The maximum absolute atomic E-state index is 6.14. The number of nitrogens with zero attached hydrogens (tertiary/aromatic N) is 1. The minimum atomic E-state index is -0.610. The standard InChI is InChI=1S/C16H15ClN2O/c1-16(11-6-4-3-5-7-11)13-10-12(17)8-9-14(13)19-15(18-2)20-16/h3-10H,1-2H3,(H,18,19). The van der Waals surface area contributed by atoms with Gasteiger partial charge in [0, 0.05) is 17.6 Å². The van der Waals surface area contributed by atoms with E-state index >= 15 is 0 Å². The second-order valence-corrected chi connectivity index (χ2v) is 5.27. The summed E-state index contributed by atoms with van der Waals surface area (Å²) < 4.78 is 6.07. The number of aliphatic imine (C=N–C) groups is 1. The average Bonchev–Trinajstić information content (AvgIpc) is 2.48. The van der Waals surface area contributed by atoms with Crippen LogP contribution in [0.15, 0.2) is 53.5 Å². The van der Waals surface area contributed by atoms with Gasteiger partial charge in [0.15, 0.2) is 5.60 Å². The summed E-state index contributed by atoms with van der Waals surface area (Å²) in [6.07, 6.45) is 0. The van der Waals surface area contributed by atoms with E-state index < -0.39 is 5.60 Å². The van der Waals surface area contributed by atoms with Crippen LogP contribution in [0.3, 0.4) is 0 Å². The number of fused-ring (bicyclic) bond motifs is 1. The van der Waals surface area contributed by atoms with Crippen LogP contribution >= 0.6 is 11.6 Å². The van der Waals surface area contributed by atoms with Gasteiger partial charge in [0.25, 0.3) is 6.02 Å². The highest BCUT2D eigenvalue weighted by molar-refractivity contribution is 6.30. The van der Waals surface area contributed by atoms with E-state index in [-0.39, 0.29) is 0 Å². The van der Waals surface area contributed by atoms with E-state index in [0.29, 0.717) is 11.0 Å². The number of benzene rings is 2. The minimum absolute atomic E-state index is 0.506. The Morgan fingerprint density at radius 3 is 2.60 bits per heavy atom. The molecule has 1 heterocycles. The van der Waals surface area contributed by atoms with E-state index in [1.165, 1.54) is 0 Å². The van der Waals surface area contributed by atoms with E-state index in [9.17, 15) is 0 Å². The molecule has 0 aliphatic carbocycles. The molecule has 0 amide bonds. The third kappa shape index (κ3) is 2.04. The van der Waals surface area contributed by atoms with Gasteiger partial charge < -0.3 is 10.1 Å². The van der Waals surface area contributed by atoms with Crippen molar-refractivity contribution in [1.29, 1.82) is 0 Å². The molecular formula is C16H15ClN2O. The molecule has 2 aromatic carbocycles. The molecule has 2 aromatic rings. The number of halogens is 1. The Morgan fingerprint density at radius 2 is 1.90 bits per heavy atom. The Labute approximate surface area is 123 Å². The zero-order valence-electron chi connectivity index (χ0n) is 11.4. The Bertz CT molecular complexity index is 669. The highest BCUT2D eigenvalue weighted by atomic mass is 35.5. The van der Waals surface area contributed by atoms with E-state index in [2.05, 4.69) is 10.3 Å². The SMILES string of the molecule is CNC1=Nc2ccc(Cl)cc2C(C)(c2ccccc2)O1. The van der Waals surface area contributed by atoms with Crippen molar-refractivity contribution in [2.75, 3.05) is 7.05 Å². The van der Waals surface area contributed by atoms with Gasteiger partial charge in [-0.25, -0.2) is 0 Å². The molecule has 102 valence electrons. The number of rotatable bonds is 1. The fourth-order valence-corrected chi connectivity index (χ4v) is 2.62. The number of amidine groups is 1. The molecule has 1 atom stereocenters. The normalized spacial score (nSPS) is 20.6. The summed E-state index contributed by atoms with van der Waals surface area (Å²) >= 11 is 6.14. The molecule has 1 unspecified atom stereocenters. The summed E-state index contributed by atoms with van der Waals surface area (Å²) in [5.74, 6) is 0. The average molecular weight is 287 g/mol. The first kappa shape index (κ1) is 13.0. The van der Waals surface area contributed by atoms with Gasteiger partial charge in [-0.1, -0.05) is 41.9 Å². The minimum Gasteiger partial charge on any atom is -0.449 e. The monoisotopic (exact) mass is 286 g/mol. The van der Waals surface area contributed by atoms with Crippen LogP contribution in [0, 0.1) is 0 Å². The summed E-state index contributed by atoms with van der Waals surface area (Å²) in [6.45, 7) is 2.03. The molecule has 3 rings (SSSR count). The van der Waals surface area contributed by atoms with E-state index in [1.54, 1.807) is 7.05 Å². The van der Waals surface area contributed by atoms with E-state index in [4.69, 9.17) is 16.3 Å². The molecule has 0 radical (unpaired) electrons. The highest BCUT2D eigenvalue weighted by Gasteiger charge is 2.37. The predicted octanol–water partition coefficient (Wildman–Crippen LogP) is 3.84. The number of hydrogen-bond acceptors (Lipinski definition) is 3.